The number of aromatic nitrogens is 3. The van der Waals surface area contributed by atoms with Gasteiger partial charge in [0.1, 0.15) is 6.04 Å². The fourth-order valence-corrected chi connectivity index (χ4v) is 3.46. The zero-order valence-corrected chi connectivity index (χ0v) is 15.2. The summed E-state index contributed by atoms with van der Waals surface area (Å²) >= 11 is 0. The molecule has 2 heterocycles. The van der Waals surface area contributed by atoms with Crippen molar-refractivity contribution in [1.29, 1.82) is 0 Å². The lowest BCUT2D eigenvalue weighted by atomic mass is 10.2. The van der Waals surface area contributed by atoms with Crippen LogP contribution in [-0.2, 0) is 11.3 Å². The van der Waals surface area contributed by atoms with Gasteiger partial charge in [0.25, 0.3) is 0 Å². The molecule has 0 aliphatic heterocycles. The monoisotopic (exact) mass is 358 g/mol. The van der Waals surface area contributed by atoms with Gasteiger partial charge in [-0.15, -0.1) is 0 Å². The van der Waals surface area contributed by atoms with E-state index in [1.807, 2.05) is 60.3 Å². The van der Waals surface area contributed by atoms with Crippen molar-refractivity contribution in [2.75, 3.05) is 5.32 Å². The molecule has 0 saturated heterocycles. The molecule has 4 rings (SSSR count). The van der Waals surface area contributed by atoms with Crippen LogP contribution in [0.4, 0.5) is 5.69 Å². The molecule has 2 aromatic carbocycles. The largest absolute Gasteiger partial charge is 0.341 e. The van der Waals surface area contributed by atoms with E-state index in [4.69, 9.17) is 0 Å². The first kappa shape index (κ1) is 17.1. The molecule has 1 unspecified atom stereocenters. The molecule has 0 fully saturated rings. The van der Waals surface area contributed by atoms with Gasteiger partial charge in [-0.05, 0) is 18.1 Å². The van der Waals surface area contributed by atoms with Crippen LogP contribution < -0.4 is 5.32 Å². The Hall–Kier alpha value is -3.34. The molecule has 5 heteroatoms. The van der Waals surface area contributed by atoms with E-state index in [1.54, 1.807) is 12.5 Å². The Labute approximate surface area is 158 Å². The molecule has 0 aliphatic carbocycles. The Balaban J connectivity index is 1.65. The highest BCUT2D eigenvalue weighted by Crippen LogP contribution is 2.28. The zero-order chi connectivity index (χ0) is 18.6. The van der Waals surface area contributed by atoms with Crippen molar-refractivity contribution in [3.05, 3.63) is 85.1 Å². The molecule has 1 atom stereocenters. The number of anilines is 1. The van der Waals surface area contributed by atoms with E-state index < -0.39 is 0 Å². The van der Waals surface area contributed by atoms with Gasteiger partial charge in [-0.3, -0.25) is 4.79 Å². The number of para-hydroxylation sites is 1. The van der Waals surface area contributed by atoms with Gasteiger partial charge >= 0.3 is 0 Å². The van der Waals surface area contributed by atoms with Crippen molar-refractivity contribution >= 4 is 22.5 Å². The number of hydrogen-bond acceptors (Lipinski definition) is 2. The predicted octanol–water partition coefficient (Wildman–Crippen LogP) is 4.48. The summed E-state index contributed by atoms with van der Waals surface area (Å²) in [6.45, 7) is 2.76. The summed E-state index contributed by atoms with van der Waals surface area (Å²) in [5.41, 5.74) is 3.17. The second-order valence-electron chi connectivity index (χ2n) is 6.60. The number of imidazole rings is 1. The van der Waals surface area contributed by atoms with E-state index in [1.165, 1.54) is 5.56 Å². The quantitative estimate of drug-likeness (QED) is 0.553. The summed E-state index contributed by atoms with van der Waals surface area (Å²) < 4.78 is 4.02. The molecule has 4 aromatic rings. The molecule has 0 spiro atoms. The molecule has 27 heavy (non-hydrogen) atoms. The van der Waals surface area contributed by atoms with Crippen molar-refractivity contribution in [3.8, 4) is 0 Å². The molecule has 0 bridgehead atoms. The maximum absolute atomic E-state index is 12.9. The SMILES string of the molecule is CCC(C(=O)Nc1cn(Cc2ccccc2)c2ccccc12)n1ccnc1. The minimum atomic E-state index is -0.274. The van der Waals surface area contributed by atoms with Crippen LogP contribution in [0.3, 0.4) is 0 Å². The normalized spacial score (nSPS) is 12.2. The van der Waals surface area contributed by atoms with E-state index in [9.17, 15) is 4.79 Å². The first-order chi connectivity index (χ1) is 13.3. The molecule has 0 saturated carbocycles. The van der Waals surface area contributed by atoms with Gasteiger partial charge in [0, 0.05) is 30.5 Å². The number of amides is 1. The van der Waals surface area contributed by atoms with Crippen LogP contribution in [0.15, 0.2) is 79.5 Å². The maximum atomic E-state index is 12.9. The van der Waals surface area contributed by atoms with Crippen LogP contribution in [0.2, 0.25) is 0 Å². The van der Waals surface area contributed by atoms with Crippen LogP contribution in [0.5, 0.6) is 0 Å². The standard InChI is InChI=1S/C22H22N4O/c1-2-20(25-13-12-23-16-25)22(27)24-19-15-26(14-17-8-4-3-5-9-17)21-11-7-6-10-18(19)21/h3-13,15-16,20H,2,14H2,1H3,(H,24,27). The second kappa shape index (κ2) is 7.50. The third-order valence-electron chi connectivity index (χ3n) is 4.82. The lowest BCUT2D eigenvalue weighted by Crippen LogP contribution is -2.24. The third kappa shape index (κ3) is 3.49. The number of hydrogen-bond donors (Lipinski definition) is 1. The Morgan fingerprint density at radius 2 is 1.89 bits per heavy atom. The highest BCUT2D eigenvalue weighted by Gasteiger charge is 2.20. The number of benzene rings is 2. The van der Waals surface area contributed by atoms with Crippen molar-refractivity contribution in [2.45, 2.75) is 25.9 Å². The van der Waals surface area contributed by atoms with Crippen molar-refractivity contribution in [2.24, 2.45) is 0 Å². The summed E-state index contributed by atoms with van der Waals surface area (Å²) in [5, 5.41) is 4.17. The van der Waals surface area contributed by atoms with Gasteiger partial charge < -0.3 is 14.5 Å². The molecule has 1 amide bonds. The highest BCUT2D eigenvalue weighted by molar-refractivity contribution is 6.03. The average Bonchev–Trinajstić information content (AvgIpc) is 3.33. The number of nitrogens with one attached hydrogen (secondary N) is 1. The molecule has 0 aliphatic rings. The molecular weight excluding hydrogens is 336 g/mol. The Morgan fingerprint density at radius 1 is 1.11 bits per heavy atom. The fraction of sp³-hybridized carbons (Fsp3) is 0.182. The summed E-state index contributed by atoms with van der Waals surface area (Å²) in [6.07, 6.45) is 7.93. The summed E-state index contributed by atoms with van der Waals surface area (Å²) in [6, 6.07) is 18.2. The first-order valence-corrected chi connectivity index (χ1v) is 9.16. The van der Waals surface area contributed by atoms with E-state index in [0.29, 0.717) is 6.42 Å². The smallest absolute Gasteiger partial charge is 0.247 e. The molecule has 5 nitrogen and oxygen atoms in total. The highest BCUT2D eigenvalue weighted by atomic mass is 16.2. The molecule has 136 valence electrons. The number of carbonyl (C=O) groups is 1. The maximum Gasteiger partial charge on any atom is 0.247 e. The Morgan fingerprint density at radius 3 is 2.63 bits per heavy atom. The van der Waals surface area contributed by atoms with E-state index in [-0.39, 0.29) is 11.9 Å². The van der Waals surface area contributed by atoms with Crippen molar-refractivity contribution in [3.63, 3.8) is 0 Å². The molecule has 2 aromatic heterocycles. The van der Waals surface area contributed by atoms with Crippen LogP contribution in [-0.4, -0.2) is 20.0 Å². The lowest BCUT2D eigenvalue weighted by molar-refractivity contribution is -0.119. The number of rotatable bonds is 6. The minimum absolute atomic E-state index is 0.0295. The van der Waals surface area contributed by atoms with Gasteiger partial charge in [-0.25, -0.2) is 4.98 Å². The van der Waals surface area contributed by atoms with Crippen molar-refractivity contribution < 1.29 is 4.79 Å². The third-order valence-corrected chi connectivity index (χ3v) is 4.82. The van der Waals surface area contributed by atoms with Crippen LogP contribution >= 0.6 is 0 Å². The second-order valence-corrected chi connectivity index (χ2v) is 6.60. The van der Waals surface area contributed by atoms with Gasteiger partial charge in [0.2, 0.25) is 5.91 Å². The van der Waals surface area contributed by atoms with E-state index >= 15 is 0 Å². The van der Waals surface area contributed by atoms with Gasteiger partial charge in [-0.2, -0.15) is 0 Å². The molecular formula is C22H22N4O. The predicted molar refractivity (Wildman–Crippen MR) is 108 cm³/mol. The average molecular weight is 358 g/mol. The number of carbonyl (C=O) groups excluding carboxylic acids is 1. The van der Waals surface area contributed by atoms with Gasteiger partial charge in [0.05, 0.1) is 17.5 Å². The van der Waals surface area contributed by atoms with Crippen LogP contribution in [0.1, 0.15) is 24.9 Å². The topological polar surface area (TPSA) is 51.9 Å². The van der Waals surface area contributed by atoms with Crippen LogP contribution in [0, 0.1) is 0 Å². The van der Waals surface area contributed by atoms with Gasteiger partial charge in [0.15, 0.2) is 0 Å². The van der Waals surface area contributed by atoms with Crippen molar-refractivity contribution in [1.82, 2.24) is 14.1 Å². The summed E-state index contributed by atoms with van der Waals surface area (Å²) in [4.78, 5) is 16.9. The van der Waals surface area contributed by atoms with Crippen LogP contribution in [0.25, 0.3) is 10.9 Å². The fourth-order valence-electron chi connectivity index (χ4n) is 3.46. The molecule has 0 radical (unpaired) electrons. The number of nitrogens with zero attached hydrogens (tertiary/aromatic N) is 3. The number of fused-ring (bicyclic) bond motifs is 1. The first-order valence-electron chi connectivity index (χ1n) is 9.16. The Kier molecular flexibility index (Phi) is 4.75. The summed E-state index contributed by atoms with van der Waals surface area (Å²) in [7, 11) is 0. The lowest BCUT2D eigenvalue weighted by Gasteiger charge is -2.15. The minimum Gasteiger partial charge on any atom is -0.341 e. The van der Waals surface area contributed by atoms with Gasteiger partial charge in [-0.1, -0.05) is 55.5 Å². The zero-order valence-electron chi connectivity index (χ0n) is 15.2. The van der Waals surface area contributed by atoms with E-state index in [0.717, 1.165) is 23.1 Å². The molecule has 1 N–H and O–H groups in total. The van der Waals surface area contributed by atoms with E-state index in [2.05, 4.69) is 33.1 Å². The summed E-state index contributed by atoms with van der Waals surface area (Å²) in [5.74, 6) is -0.0295. The Bertz CT molecular complexity index is 1030.